The Hall–Kier alpha value is -2.29. The van der Waals surface area contributed by atoms with Gasteiger partial charge in [0.25, 0.3) is 0 Å². The van der Waals surface area contributed by atoms with Gasteiger partial charge in [0.05, 0.1) is 0 Å². The van der Waals surface area contributed by atoms with Crippen LogP contribution in [0.25, 0.3) is 0 Å². The highest BCUT2D eigenvalue weighted by Crippen LogP contribution is 2.50. The van der Waals surface area contributed by atoms with E-state index in [-0.39, 0.29) is 17.4 Å². The molecule has 3 unspecified atom stereocenters. The van der Waals surface area contributed by atoms with Gasteiger partial charge in [-0.05, 0) is 86.6 Å². The van der Waals surface area contributed by atoms with Crippen LogP contribution in [0.3, 0.4) is 0 Å². The first-order valence-corrected chi connectivity index (χ1v) is 11.1. The fourth-order valence-corrected chi connectivity index (χ4v) is 5.44. The van der Waals surface area contributed by atoms with Gasteiger partial charge in [0.1, 0.15) is 11.5 Å². The molecule has 1 saturated carbocycles. The van der Waals surface area contributed by atoms with Crippen LogP contribution in [0.1, 0.15) is 81.4 Å². The normalized spacial score (nSPS) is 23.6. The van der Waals surface area contributed by atoms with Crippen LogP contribution in [0.15, 0.2) is 42.5 Å². The van der Waals surface area contributed by atoms with Crippen LogP contribution in [0, 0.1) is 5.92 Å². The van der Waals surface area contributed by atoms with Crippen LogP contribution in [0.2, 0.25) is 0 Å². The van der Waals surface area contributed by atoms with E-state index in [4.69, 9.17) is 0 Å². The lowest BCUT2D eigenvalue weighted by Crippen LogP contribution is -2.49. The van der Waals surface area contributed by atoms with E-state index in [1.54, 1.807) is 0 Å². The van der Waals surface area contributed by atoms with Crippen LogP contribution in [-0.4, -0.2) is 16.4 Å². The molecule has 3 atom stereocenters. The van der Waals surface area contributed by atoms with Crippen molar-refractivity contribution in [2.45, 2.75) is 76.7 Å². The summed E-state index contributed by atoms with van der Waals surface area (Å²) in [7, 11) is 0. The second-order valence-corrected chi connectivity index (χ2v) is 9.57. The first-order chi connectivity index (χ1) is 13.9. The van der Waals surface area contributed by atoms with Gasteiger partial charge < -0.3 is 10.4 Å². The van der Waals surface area contributed by atoms with Crippen molar-refractivity contribution in [1.29, 1.82) is 0 Å². The number of Topliss-reactive ketones (excluding diaryl/α,β-unsaturated/α-hetero) is 1. The number of aryl methyl sites for hydroxylation is 1. The molecule has 4 rings (SSSR count). The zero-order valence-electron chi connectivity index (χ0n) is 17.9. The van der Waals surface area contributed by atoms with Crippen molar-refractivity contribution in [2.75, 3.05) is 5.32 Å². The van der Waals surface area contributed by atoms with E-state index in [1.165, 1.54) is 5.56 Å². The number of ketones is 1. The lowest BCUT2D eigenvalue weighted by molar-refractivity contribution is -0.124. The highest BCUT2D eigenvalue weighted by atomic mass is 16.3. The largest absolute Gasteiger partial charge is 0.508 e. The van der Waals surface area contributed by atoms with E-state index >= 15 is 0 Å². The molecule has 29 heavy (non-hydrogen) atoms. The van der Waals surface area contributed by atoms with Crippen molar-refractivity contribution < 1.29 is 9.90 Å². The van der Waals surface area contributed by atoms with Gasteiger partial charge >= 0.3 is 0 Å². The van der Waals surface area contributed by atoms with Gasteiger partial charge in [-0.15, -0.1) is 0 Å². The van der Waals surface area contributed by atoms with E-state index in [0.29, 0.717) is 23.9 Å². The monoisotopic (exact) mass is 391 g/mol. The fraction of sp³-hybridized carbons (Fsp3) is 0.500. The molecule has 0 saturated heterocycles. The molecule has 1 fully saturated rings. The Morgan fingerprint density at radius 2 is 1.97 bits per heavy atom. The second-order valence-electron chi connectivity index (χ2n) is 9.57. The summed E-state index contributed by atoms with van der Waals surface area (Å²) in [6, 6.07) is 14.5. The Balaban J connectivity index is 1.55. The number of phenols is 1. The second kappa shape index (κ2) is 7.85. The van der Waals surface area contributed by atoms with Crippen LogP contribution < -0.4 is 5.32 Å². The maximum Gasteiger partial charge on any atom is 0.140 e. The predicted molar refractivity (Wildman–Crippen MR) is 119 cm³/mol. The molecular weight excluding hydrogens is 358 g/mol. The van der Waals surface area contributed by atoms with Crippen molar-refractivity contribution in [2.24, 2.45) is 5.92 Å². The van der Waals surface area contributed by atoms with Crippen molar-refractivity contribution in [3.63, 3.8) is 0 Å². The van der Waals surface area contributed by atoms with Crippen LogP contribution in [0.5, 0.6) is 5.75 Å². The molecule has 2 aromatic carbocycles. The maximum absolute atomic E-state index is 12.8. The van der Waals surface area contributed by atoms with Crippen molar-refractivity contribution in [3.8, 4) is 5.75 Å². The Labute approximate surface area is 174 Å². The summed E-state index contributed by atoms with van der Waals surface area (Å²) in [5.74, 6) is 1.16. The third kappa shape index (κ3) is 3.92. The smallest absolute Gasteiger partial charge is 0.140 e. The van der Waals surface area contributed by atoms with E-state index in [1.807, 2.05) is 12.1 Å². The first kappa shape index (κ1) is 20.0. The molecule has 1 heterocycles. The molecule has 2 aliphatic rings. The highest BCUT2D eigenvalue weighted by molar-refractivity contribution is 5.90. The zero-order chi connectivity index (χ0) is 20.6. The quantitative estimate of drug-likeness (QED) is 0.599. The number of benzene rings is 2. The third-order valence-electron chi connectivity index (χ3n) is 7.08. The third-order valence-corrected chi connectivity index (χ3v) is 7.08. The average Bonchev–Trinajstić information content (AvgIpc) is 2.69. The molecule has 0 radical (unpaired) electrons. The van der Waals surface area contributed by atoms with Crippen LogP contribution in [-0.2, 0) is 11.2 Å². The van der Waals surface area contributed by atoms with E-state index in [2.05, 4.69) is 56.4 Å². The minimum atomic E-state index is -0.113. The number of phenolic OH excluding ortho intramolecular Hbond substituents is 1. The predicted octanol–water partition coefficient (Wildman–Crippen LogP) is 6.18. The number of rotatable bonds is 5. The Morgan fingerprint density at radius 3 is 2.72 bits per heavy atom. The summed E-state index contributed by atoms with van der Waals surface area (Å²) in [4.78, 5) is 12.8. The zero-order valence-corrected chi connectivity index (χ0v) is 17.9. The molecule has 0 bridgehead atoms. The van der Waals surface area contributed by atoms with Gasteiger partial charge in [0.15, 0.2) is 0 Å². The number of hydrogen-bond acceptors (Lipinski definition) is 3. The molecule has 2 N–H and O–H groups in total. The topological polar surface area (TPSA) is 49.3 Å². The molecule has 1 aliphatic heterocycles. The summed E-state index contributed by atoms with van der Waals surface area (Å²) >= 11 is 0. The fourth-order valence-electron chi connectivity index (χ4n) is 5.44. The number of carbonyl (C=O) groups excluding carboxylic acids is 1. The van der Waals surface area contributed by atoms with Gasteiger partial charge in [-0.25, -0.2) is 0 Å². The Morgan fingerprint density at radius 1 is 1.21 bits per heavy atom. The van der Waals surface area contributed by atoms with Crippen LogP contribution >= 0.6 is 0 Å². The van der Waals surface area contributed by atoms with Crippen LogP contribution in [0.4, 0.5) is 5.69 Å². The molecular formula is C26H33NO2. The Bertz CT molecular complexity index is 887. The van der Waals surface area contributed by atoms with E-state index in [9.17, 15) is 9.90 Å². The average molecular weight is 392 g/mol. The van der Waals surface area contributed by atoms with Crippen molar-refractivity contribution in [1.82, 2.24) is 0 Å². The molecule has 154 valence electrons. The molecule has 0 spiro atoms. The van der Waals surface area contributed by atoms with Crippen molar-refractivity contribution in [3.05, 3.63) is 59.2 Å². The summed E-state index contributed by atoms with van der Waals surface area (Å²) in [6.45, 7) is 6.61. The van der Waals surface area contributed by atoms with E-state index in [0.717, 1.165) is 48.9 Å². The molecule has 0 aromatic heterocycles. The summed E-state index contributed by atoms with van der Waals surface area (Å²) < 4.78 is 0. The van der Waals surface area contributed by atoms with Gasteiger partial charge in [-0.2, -0.15) is 0 Å². The van der Waals surface area contributed by atoms with E-state index < -0.39 is 0 Å². The van der Waals surface area contributed by atoms with Gasteiger partial charge in [0, 0.05) is 23.6 Å². The molecule has 2 aromatic rings. The molecule has 3 nitrogen and oxygen atoms in total. The standard InChI is InChI=1S/C26H33NO2/c1-17(9-7-12-18-10-5-4-6-11-18)19-15-22-20(16-24(19)29)25-21(26(2,3)27-22)13-8-14-23(25)28/h4-6,10-11,15-17,21,25,27,29H,7-9,12-14H2,1-3H3. The van der Waals surface area contributed by atoms with Gasteiger partial charge in [-0.1, -0.05) is 37.3 Å². The molecule has 1 aliphatic carbocycles. The summed E-state index contributed by atoms with van der Waals surface area (Å²) in [5, 5.41) is 14.5. The minimum Gasteiger partial charge on any atom is -0.508 e. The number of aromatic hydroxyl groups is 1. The first-order valence-electron chi connectivity index (χ1n) is 11.1. The van der Waals surface area contributed by atoms with Gasteiger partial charge in [-0.3, -0.25) is 4.79 Å². The number of nitrogens with one attached hydrogen (secondary N) is 1. The highest BCUT2D eigenvalue weighted by Gasteiger charge is 2.46. The summed E-state index contributed by atoms with van der Waals surface area (Å²) in [5.41, 5.74) is 4.27. The Kier molecular flexibility index (Phi) is 5.42. The number of fused-ring (bicyclic) bond motifs is 3. The SMILES string of the molecule is CC(CCCc1ccccc1)c1cc2c(cc1O)C1C(=O)CCCC1C(C)(C)N2. The number of hydrogen-bond donors (Lipinski definition) is 2. The molecule has 0 amide bonds. The lowest BCUT2D eigenvalue weighted by Gasteiger charge is -2.48. The maximum atomic E-state index is 12.8. The lowest BCUT2D eigenvalue weighted by atomic mass is 9.64. The van der Waals surface area contributed by atoms with Gasteiger partial charge in [0.2, 0.25) is 0 Å². The minimum absolute atomic E-state index is 0.0802. The summed E-state index contributed by atoms with van der Waals surface area (Å²) in [6.07, 6.45) is 5.87. The molecule has 3 heteroatoms. The van der Waals surface area contributed by atoms with Crippen molar-refractivity contribution >= 4 is 11.5 Å². The number of carbonyl (C=O) groups is 1. The number of anilines is 1.